The average Bonchev–Trinajstić information content (AvgIpc) is 3.39. The highest BCUT2D eigenvalue weighted by Crippen LogP contribution is 2.33. The minimum Gasteiger partial charge on any atom is -0.465 e. The van der Waals surface area contributed by atoms with E-state index in [0.717, 1.165) is 30.6 Å². The molecule has 3 unspecified atom stereocenters. The lowest BCUT2D eigenvalue weighted by atomic mass is 9.95. The van der Waals surface area contributed by atoms with Gasteiger partial charge in [-0.15, -0.1) is 11.3 Å². The van der Waals surface area contributed by atoms with Gasteiger partial charge in [0.25, 0.3) is 5.92 Å². The highest BCUT2D eigenvalue weighted by Gasteiger charge is 2.43. The molecule has 4 nitrogen and oxygen atoms in total. The minimum absolute atomic E-state index is 0.0413. The quantitative estimate of drug-likeness (QED) is 0.350. The smallest absolute Gasteiger partial charge is 0.348 e. The van der Waals surface area contributed by atoms with Crippen molar-refractivity contribution in [3.63, 3.8) is 0 Å². The number of hydrogen-bond acceptors (Lipinski definition) is 5. The molecule has 0 saturated carbocycles. The van der Waals surface area contributed by atoms with Crippen molar-refractivity contribution in [3.8, 4) is 0 Å². The first-order valence-corrected chi connectivity index (χ1v) is 12.3. The largest absolute Gasteiger partial charge is 0.465 e. The van der Waals surface area contributed by atoms with Gasteiger partial charge in [0.1, 0.15) is 4.88 Å². The summed E-state index contributed by atoms with van der Waals surface area (Å²) in [6.45, 7) is 2.26. The van der Waals surface area contributed by atoms with E-state index in [4.69, 9.17) is 4.74 Å². The third-order valence-electron chi connectivity index (χ3n) is 6.17. The third-order valence-corrected chi connectivity index (χ3v) is 7.30. The fourth-order valence-corrected chi connectivity index (χ4v) is 5.14. The van der Waals surface area contributed by atoms with Gasteiger partial charge in [-0.3, -0.25) is 4.90 Å². The number of aliphatic hydroxyl groups is 1. The Kier molecular flexibility index (Phi) is 9.18. The molecule has 180 valence electrons. The average molecular weight is 478 g/mol. The van der Waals surface area contributed by atoms with Crippen LogP contribution in [-0.2, 0) is 17.6 Å². The fraction of sp³-hybridized carbons (Fsp3) is 0.500. The molecular formula is C26H33F2NO3S. The van der Waals surface area contributed by atoms with Gasteiger partial charge in [0.2, 0.25) is 0 Å². The molecule has 0 amide bonds. The van der Waals surface area contributed by atoms with E-state index in [2.05, 4.69) is 12.1 Å². The van der Waals surface area contributed by atoms with Crippen molar-refractivity contribution in [2.75, 3.05) is 20.2 Å². The molecule has 1 aromatic heterocycles. The number of alkyl halides is 2. The summed E-state index contributed by atoms with van der Waals surface area (Å²) in [5.41, 5.74) is 1.23. The van der Waals surface area contributed by atoms with Crippen LogP contribution in [0.3, 0.4) is 0 Å². The molecule has 2 heterocycles. The van der Waals surface area contributed by atoms with Crippen LogP contribution in [0.1, 0.15) is 46.3 Å². The fourth-order valence-electron chi connectivity index (χ4n) is 4.17. The van der Waals surface area contributed by atoms with E-state index in [-0.39, 0.29) is 30.9 Å². The van der Waals surface area contributed by atoms with Crippen molar-refractivity contribution < 1.29 is 23.4 Å². The topological polar surface area (TPSA) is 49.8 Å². The van der Waals surface area contributed by atoms with Crippen molar-refractivity contribution in [2.45, 2.75) is 57.1 Å². The van der Waals surface area contributed by atoms with Crippen LogP contribution in [0, 0.1) is 5.92 Å². The molecular weight excluding hydrogens is 444 g/mol. The van der Waals surface area contributed by atoms with E-state index < -0.39 is 12.0 Å². The van der Waals surface area contributed by atoms with Crippen LogP contribution in [0.15, 0.2) is 54.6 Å². The van der Waals surface area contributed by atoms with Gasteiger partial charge >= 0.3 is 5.97 Å². The van der Waals surface area contributed by atoms with Crippen molar-refractivity contribution in [2.24, 2.45) is 5.92 Å². The molecule has 1 aliphatic rings. The lowest BCUT2D eigenvalue weighted by molar-refractivity contribution is 0.0120. The van der Waals surface area contributed by atoms with Crippen LogP contribution in [0.5, 0.6) is 0 Å². The summed E-state index contributed by atoms with van der Waals surface area (Å²) in [6, 6.07) is 13.4. The van der Waals surface area contributed by atoms with Crippen molar-refractivity contribution in [1.82, 2.24) is 4.90 Å². The van der Waals surface area contributed by atoms with Crippen LogP contribution in [-0.4, -0.2) is 54.2 Å². The molecule has 7 heteroatoms. The summed E-state index contributed by atoms with van der Waals surface area (Å²) in [5, 5.41) is 10.5. The number of aliphatic hydroxyl groups excluding tert-OH is 1. The zero-order valence-corrected chi connectivity index (χ0v) is 20.1. The zero-order valence-electron chi connectivity index (χ0n) is 19.3. The Hall–Kier alpha value is -2.09. The van der Waals surface area contributed by atoms with E-state index in [1.165, 1.54) is 24.0 Å². The molecule has 3 atom stereocenters. The first-order valence-electron chi connectivity index (χ1n) is 11.5. The minimum atomic E-state index is -2.72. The first kappa shape index (κ1) is 25.5. The monoisotopic (exact) mass is 477 g/mol. The molecule has 1 saturated heterocycles. The standard InChI is InChI=1S/C26H33F2NO3S/c1-19(10-11-20-7-4-3-5-8-20)23(30)14-12-21-17-26(27,28)18-29(21)16-6-9-22-13-15-24(33-22)25(31)32-2/h3-5,7-8,12-15,19,21,23,30H,6,9-11,16-18H2,1-2H3. The Morgan fingerprint density at radius 2 is 2.03 bits per heavy atom. The number of carbonyl (C=O) groups excluding carboxylic acids is 1. The van der Waals surface area contributed by atoms with Crippen molar-refractivity contribution in [3.05, 3.63) is 69.9 Å². The number of carbonyl (C=O) groups is 1. The predicted octanol–water partition coefficient (Wildman–Crippen LogP) is 5.36. The molecule has 3 rings (SSSR count). The number of halogens is 2. The number of benzene rings is 1. The molecule has 0 bridgehead atoms. The summed E-state index contributed by atoms with van der Waals surface area (Å²) in [7, 11) is 1.35. The van der Waals surface area contributed by atoms with Gasteiger partial charge < -0.3 is 9.84 Å². The summed E-state index contributed by atoms with van der Waals surface area (Å²) >= 11 is 1.38. The van der Waals surface area contributed by atoms with E-state index in [9.17, 15) is 18.7 Å². The Bertz CT molecular complexity index is 915. The maximum Gasteiger partial charge on any atom is 0.348 e. The highest BCUT2D eigenvalue weighted by molar-refractivity contribution is 7.13. The second-order valence-corrected chi connectivity index (χ2v) is 10.0. The number of ether oxygens (including phenoxy) is 1. The number of thiophene rings is 1. The predicted molar refractivity (Wildman–Crippen MR) is 128 cm³/mol. The van der Waals surface area contributed by atoms with E-state index in [1.807, 2.05) is 31.2 Å². The number of esters is 1. The van der Waals surface area contributed by atoms with E-state index in [0.29, 0.717) is 11.4 Å². The number of likely N-dealkylation sites (tertiary alicyclic amines) is 1. The summed E-state index contributed by atoms with van der Waals surface area (Å²) in [5.74, 6) is -3.04. The molecule has 1 fully saturated rings. The molecule has 1 aromatic carbocycles. The van der Waals surface area contributed by atoms with Crippen LogP contribution in [0.2, 0.25) is 0 Å². The Morgan fingerprint density at radius 1 is 1.27 bits per heavy atom. The van der Waals surface area contributed by atoms with Gasteiger partial charge in [0, 0.05) is 17.3 Å². The molecule has 33 heavy (non-hydrogen) atoms. The Morgan fingerprint density at radius 3 is 2.76 bits per heavy atom. The van der Waals surface area contributed by atoms with Gasteiger partial charge in [0.05, 0.1) is 19.8 Å². The number of nitrogens with zero attached hydrogens (tertiary/aromatic N) is 1. The number of rotatable bonds is 11. The Balaban J connectivity index is 1.49. The number of methoxy groups -OCH3 is 1. The van der Waals surface area contributed by atoms with Gasteiger partial charge in [-0.2, -0.15) is 0 Å². The van der Waals surface area contributed by atoms with Gasteiger partial charge in [-0.25, -0.2) is 13.6 Å². The van der Waals surface area contributed by atoms with Crippen LogP contribution in [0.4, 0.5) is 8.78 Å². The van der Waals surface area contributed by atoms with Crippen LogP contribution in [0.25, 0.3) is 0 Å². The van der Waals surface area contributed by atoms with Crippen molar-refractivity contribution in [1.29, 1.82) is 0 Å². The van der Waals surface area contributed by atoms with Crippen LogP contribution >= 0.6 is 11.3 Å². The highest BCUT2D eigenvalue weighted by atomic mass is 32.1. The summed E-state index contributed by atoms with van der Waals surface area (Å²) in [6.07, 6.45) is 5.71. The molecule has 2 aromatic rings. The Labute approximate surface area is 198 Å². The first-order chi connectivity index (χ1) is 15.8. The van der Waals surface area contributed by atoms with Crippen molar-refractivity contribution >= 4 is 17.3 Å². The second-order valence-electron chi connectivity index (χ2n) is 8.84. The number of aryl methyl sites for hydroxylation is 2. The van der Waals surface area contributed by atoms with E-state index >= 15 is 0 Å². The van der Waals surface area contributed by atoms with Gasteiger partial charge in [-0.05, 0) is 55.8 Å². The maximum atomic E-state index is 14.1. The molecule has 0 spiro atoms. The van der Waals surface area contributed by atoms with E-state index in [1.54, 1.807) is 23.1 Å². The van der Waals surface area contributed by atoms with Crippen LogP contribution < -0.4 is 0 Å². The third kappa shape index (κ3) is 7.73. The summed E-state index contributed by atoms with van der Waals surface area (Å²) in [4.78, 5) is 15.0. The normalized spacial score (nSPS) is 20.2. The number of hydrogen-bond donors (Lipinski definition) is 1. The molecule has 1 N–H and O–H groups in total. The lowest BCUT2D eigenvalue weighted by Gasteiger charge is -2.22. The van der Waals surface area contributed by atoms with Gasteiger partial charge in [-0.1, -0.05) is 49.4 Å². The summed E-state index contributed by atoms with van der Waals surface area (Å²) < 4.78 is 33.0. The SMILES string of the molecule is COC(=O)c1ccc(CCCN2CC(F)(F)CC2C=CC(O)C(C)CCc2ccccc2)s1. The maximum absolute atomic E-state index is 14.1. The zero-order chi connectivity index (χ0) is 23.8. The molecule has 0 radical (unpaired) electrons. The van der Waals surface area contributed by atoms with Gasteiger partial charge in [0.15, 0.2) is 0 Å². The molecule has 1 aliphatic heterocycles. The second kappa shape index (κ2) is 11.9. The molecule has 0 aliphatic carbocycles. The lowest BCUT2D eigenvalue weighted by Crippen LogP contribution is -2.31.